The normalized spacial score (nSPS) is 12.9. The van der Waals surface area contributed by atoms with Crippen LogP contribution in [0.4, 0.5) is 0 Å². The molecule has 11 nitrogen and oxygen atoms in total. The first-order chi connectivity index (χ1) is 19.5. The molecule has 196 valence electrons. The van der Waals surface area contributed by atoms with Crippen molar-refractivity contribution >= 4 is 86.2 Å². The van der Waals surface area contributed by atoms with Crippen molar-refractivity contribution < 1.29 is 35.1 Å². The van der Waals surface area contributed by atoms with Crippen LogP contribution in [0.25, 0.3) is 86.2 Å². The first kappa shape index (κ1) is 21.8. The molecular formula is C30H10O11. The minimum absolute atomic E-state index is 0.0319. The summed E-state index contributed by atoms with van der Waals surface area (Å²) in [7, 11) is 0. The van der Waals surface area contributed by atoms with E-state index < -0.39 is 56.6 Å². The van der Waals surface area contributed by atoms with Crippen molar-refractivity contribution in [1.82, 2.24) is 0 Å². The van der Waals surface area contributed by atoms with Crippen molar-refractivity contribution in [3.63, 3.8) is 0 Å². The van der Waals surface area contributed by atoms with Gasteiger partial charge in [0.2, 0.25) is 10.9 Å². The van der Waals surface area contributed by atoms with E-state index in [9.17, 15) is 49.8 Å². The van der Waals surface area contributed by atoms with Crippen LogP contribution in [-0.4, -0.2) is 30.6 Å². The Hall–Kier alpha value is -6.10. The van der Waals surface area contributed by atoms with Crippen molar-refractivity contribution in [2.24, 2.45) is 0 Å². The zero-order valence-electron chi connectivity index (χ0n) is 20.0. The summed E-state index contributed by atoms with van der Waals surface area (Å²) < 4.78 is 5.00. The summed E-state index contributed by atoms with van der Waals surface area (Å²) in [5.74, 6) is -3.77. The summed E-state index contributed by atoms with van der Waals surface area (Å²) in [6, 6.07) is 3.67. The van der Waals surface area contributed by atoms with E-state index in [1.807, 2.05) is 0 Å². The molecule has 0 unspecified atom stereocenters. The number of rotatable bonds is 0. The first-order valence-corrected chi connectivity index (χ1v) is 12.1. The van der Waals surface area contributed by atoms with Gasteiger partial charge in [0.1, 0.15) is 34.5 Å². The van der Waals surface area contributed by atoms with Gasteiger partial charge in [0.25, 0.3) is 0 Å². The molecule has 0 saturated carbocycles. The monoisotopic (exact) mass is 546 g/mol. The summed E-state index contributed by atoms with van der Waals surface area (Å²) in [6.45, 7) is 0. The van der Waals surface area contributed by atoms with Crippen molar-refractivity contribution in [3.8, 4) is 34.5 Å². The second-order valence-electron chi connectivity index (χ2n) is 10.3. The number of aromatic hydroxyl groups is 6. The fraction of sp³-hybridized carbons (Fsp3) is 0. The van der Waals surface area contributed by atoms with Crippen LogP contribution in [0, 0.1) is 0 Å². The van der Waals surface area contributed by atoms with Crippen LogP contribution in [0.15, 0.2) is 47.9 Å². The van der Waals surface area contributed by atoms with E-state index in [1.165, 1.54) is 0 Å². The Morgan fingerprint density at radius 1 is 0.341 bits per heavy atom. The summed E-state index contributed by atoms with van der Waals surface area (Å²) in [5, 5.41) is 63.8. The molecule has 1 aromatic heterocycles. The number of hydrogen-bond acceptors (Lipinski definition) is 11. The second kappa shape index (κ2) is 6.20. The van der Waals surface area contributed by atoms with Crippen LogP contribution >= 0.6 is 0 Å². The smallest absolute Gasteiger partial charge is 0.346 e. The minimum Gasteiger partial charge on any atom is -0.507 e. The van der Waals surface area contributed by atoms with Crippen LogP contribution in [0.2, 0.25) is 0 Å². The summed E-state index contributed by atoms with van der Waals surface area (Å²) >= 11 is 0. The Balaban J connectivity index is 1.96. The molecule has 0 bridgehead atoms. The molecule has 0 aliphatic rings. The largest absolute Gasteiger partial charge is 0.507 e. The number of fused-ring (bicyclic) bond motifs is 1. The Morgan fingerprint density at radius 2 is 0.610 bits per heavy atom. The van der Waals surface area contributed by atoms with E-state index in [0.29, 0.717) is 0 Å². The van der Waals surface area contributed by atoms with E-state index in [-0.39, 0.29) is 86.2 Å². The van der Waals surface area contributed by atoms with Gasteiger partial charge in [-0.3, -0.25) is 9.59 Å². The molecule has 0 aliphatic carbocycles. The van der Waals surface area contributed by atoms with Crippen LogP contribution in [-0.2, 0) is 0 Å². The molecule has 0 saturated heterocycles. The fourth-order valence-electron chi connectivity index (χ4n) is 7.11. The van der Waals surface area contributed by atoms with Crippen molar-refractivity contribution in [1.29, 1.82) is 0 Å². The van der Waals surface area contributed by atoms with Gasteiger partial charge in [0, 0.05) is 66.0 Å². The number of phenols is 6. The molecule has 0 fully saturated rings. The van der Waals surface area contributed by atoms with E-state index in [2.05, 4.69) is 0 Å². The van der Waals surface area contributed by atoms with Crippen LogP contribution in [0.1, 0.15) is 0 Å². The highest BCUT2D eigenvalue weighted by Gasteiger charge is 2.33. The average molecular weight is 546 g/mol. The Bertz CT molecular complexity index is 2740. The van der Waals surface area contributed by atoms with Crippen molar-refractivity contribution in [2.45, 2.75) is 0 Å². The Labute approximate surface area is 221 Å². The highest BCUT2D eigenvalue weighted by Crippen LogP contribution is 2.57. The summed E-state index contributed by atoms with van der Waals surface area (Å²) in [4.78, 5) is 54.2. The average Bonchev–Trinajstić information content (AvgIpc) is 3.00. The summed E-state index contributed by atoms with van der Waals surface area (Å²) in [5.41, 5.74) is -4.08. The first-order valence-electron chi connectivity index (χ1n) is 12.1. The lowest BCUT2D eigenvalue weighted by Gasteiger charge is -2.23. The SMILES string of the molecule is O=c1oc(=O)c2cc(O)c3c(=O)c4c(O)cc(O)c5c6c(O)cc(O)c7c(=O)c8c(O)cc1c1c2c3c(c45)c(c76)c81. The standard InChI is InChI=1S/C30H10O11/c31-7-1-5-13-14-6(30(40)41-29(5)39)2-8(32)18-22(14)26-24-16(10(34)4-12(36)20(24)28(18)38)15-9(33)3-11(35)19-23(15)25(26)21(13)17(7)27(19)37/h1-4,31-36H. The van der Waals surface area contributed by atoms with Gasteiger partial charge in [0.15, 0.2) is 0 Å². The third-order valence-corrected chi connectivity index (χ3v) is 8.47. The van der Waals surface area contributed by atoms with Crippen molar-refractivity contribution in [2.75, 3.05) is 0 Å². The topological polar surface area (TPSA) is 203 Å². The third-order valence-electron chi connectivity index (χ3n) is 8.47. The molecule has 0 aliphatic heterocycles. The summed E-state index contributed by atoms with van der Waals surface area (Å²) in [6.07, 6.45) is 0. The van der Waals surface area contributed by atoms with Gasteiger partial charge in [-0.25, -0.2) is 9.59 Å². The molecule has 0 spiro atoms. The van der Waals surface area contributed by atoms with Crippen LogP contribution < -0.4 is 22.1 Å². The maximum Gasteiger partial charge on any atom is 0.346 e. The molecular weight excluding hydrogens is 536 g/mol. The van der Waals surface area contributed by atoms with Gasteiger partial charge in [-0.2, -0.15) is 0 Å². The lowest BCUT2D eigenvalue weighted by atomic mass is 9.78. The lowest BCUT2D eigenvalue weighted by Crippen LogP contribution is -2.10. The van der Waals surface area contributed by atoms with Gasteiger partial charge < -0.3 is 35.1 Å². The third kappa shape index (κ3) is 2.04. The molecule has 1 heterocycles. The highest BCUT2D eigenvalue weighted by molar-refractivity contribution is 6.52. The minimum atomic E-state index is -1.16. The van der Waals surface area contributed by atoms with E-state index in [1.54, 1.807) is 0 Å². The predicted molar refractivity (Wildman–Crippen MR) is 150 cm³/mol. The van der Waals surface area contributed by atoms with Crippen LogP contribution in [0.3, 0.4) is 0 Å². The lowest BCUT2D eigenvalue weighted by molar-refractivity contribution is 0.455. The van der Waals surface area contributed by atoms with Gasteiger partial charge in [-0.15, -0.1) is 0 Å². The molecule has 9 aromatic rings. The maximum absolute atomic E-state index is 14.0. The molecule has 8 aromatic carbocycles. The van der Waals surface area contributed by atoms with Gasteiger partial charge >= 0.3 is 11.3 Å². The van der Waals surface area contributed by atoms with E-state index >= 15 is 0 Å². The second-order valence-corrected chi connectivity index (χ2v) is 10.3. The van der Waals surface area contributed by atoms with Gasteiger partial charge in [0.05, 0.1) is 32.3 Å². The molecule has 9 rings (SSSR count). The maximum atomic E-state index is 14.0. The van der Waals surface area contributed by atoms with Gasteiger partial charge in [-0.1, -0.05) is 0 Å². The molecule has 0 atom stereocenters. The molecule has 11 heteroatoms. The zero-order chi connectivity index (χ0) is 28.5. The zero-order valence-corrected chi connectivity index (χ0v) is 20.0. The molecule has 0 radical (unpaired) electrons. The van der Waals surface area contributed by atoms with Gasteiger partial charge in [-0.05, 0) is 12.1 Å². The molecule has 0 amide bonds. The number of hydrogen-bond donors (Lipinski definition) is 6. The number of benzene rings is 8. The van der Waals surface area contributed by atoms with E-state index in [0.717, 1.165) is 24.3 Å². The quantitative estimate of drug-likeness (QED) is 0.120. The molecule has 6 N–H and O–H groups in total. The van der Waals surface area contributed by atoms with E-state index in [4.69, 9.17) is 4.42 Å². The predicted octanol–water partition coefficient (Wildman–Crippen LogP) is 3.37. The fourth-order valence-corrected chi connectivity index (χ4v) is 7.11. The number of phenolic OH excluding ortho intramolecular Hbond substituents is 6. The van der Waals surface area contributed by atoms with Crippen LogP contribution in [0.5, 0.6) is 34.5 Å². The highest BCUT2D eigenvalue weighted by atomic mass is 16.4. The Morgan fingerprint density at radius 3 is 0.976 bits per heavy atom. The Kier molecular flexibility index (Phi) is 3.30. The molecule has 41 heavy (non-hydrogen) atoms. The van der Waals surface area contributed by atoms with Crippen molar-refractivity contribution in [3.05, 3.63) is 65.6 Å².